The number of phenolic OH excluding ortho intramolecular Hbond substituents is 1. The molecule has 0 radical (unpaired) electrons. The highest BCUT2D eigenvalue weighted by atomic mass is 16.6. The van der Waals surface area contributed by atoms with Gasteiger partial charge in [-0.05, 0) is 18.6 Å². The van der Waals surface area contributed by atoms with Crippen molar-refractivity contribution in [2.75, 3.05) is 0 Å². The molecule has 1 aliphatic heterocycles. The average Bonchev–Trinajstić information content (AvgIpc) is 2.60. The van der Waals surface area contributed by atoms with Gasteiger partial charge in [0, 0.05) is 6.92 Å². The Labute approximate surface area is 98.0 Å². The third-order valence-corrected chi connectivity index (χ3v) is 2.58. The van der Waals surface area contributed by atoms with E-state index in [-0.39, 0.29) is 17.1 Å². The van der Waals surface area contributed by atoms with Gasteiger partial charge in [0.15, 0.2) is 0 Å². The van der Waals surface area contributed by atoms with Crippen molar-refractivity contribution in [3.63, 3.8) is 0 Å². The summed E-state index contributed by atoms with van der Waals surface area (Å²) < 4.78 is 10.1. The van der Waals surface area contributed by atoms with Gasteiger partial charge in [0.2, 0.25) is 0 Å². The number of fused-ring (bicyclic) bond motifs is 1. The molecule has 0 amide bonds. The Morgan fingerprint density at radius 1 is 1.53 bits per heavy atom. The third kappa shape index (κ3) is 1.84. The van der Waals surface area contributed by atoms with Gasteiger partial charge in [-0.1, -0.05) is 6.92 Å². The molecule has 5 heteroatoms. The molecule has 90 valence electrons. The van der Waals surface area contributed by atoms with Crippen LogP contribution in [0.2, 0.25) is 0 Å². The smallest absolute Gasteiger partial charge is 0.343 e. The number of cyclic esters (lactones) is 1. The van der Waals surface area contributed by atoms with Gasteiger partial charge in [-0.25, -0.2) is 4.79 Å². The second kappa shape index (κ2) is 4.08. The average molecular weight is 236 g/mol. The van der Waals surface area contributed by atoms with E-state index < -0.39 is 18.0 Å². The van der Waals surface area contributed by atoms with Gasteiger partial charge in [-0.2, -0.15) is 0 Å². The highest BCUT2D eigenvalue weighted by Gasteiger charge is 2.36. The maximum absolute atomic E-state index is 11.6. The van der Waals surface area contributed by atoms with Crippen molar-refractivity contribution in [1.29, 1.82) is 0 Å². The Morgan fingerprint density at radius 3 is 2.82 bits per heavy atom. The largest absolute Gasteiger partial charge is 0.507 e. The maximum Gasteiger partial charge on any atom is 0.343 e. The minimum Gasteiger partial charge on any atom is -0.507 e. The molecule has 0 saturated heterocycles. The number of carbonyl (C=O) groups excluding carboxylic acids is 2. The van der Waals surface area contributed by atoms with Crippen molar-refractivity contribution < 1.29 is 24.2 Å². The van der Waals surface area contributed by atoms with Gasteiger partial charge in [0.25, 0.3) is 0 Å². The SMILES string of the molecule is CCC1OC(=O)c2c(O)ccc(OC(C)=O)c21. The highest BCUT2D eigenvalue weighted by molar-refractivity contribution is 5.98. The number of esters is 2. The summed E-state index contributed by atoms with van der Waals surface area (Å²) in [5.74, 6) is -0.953. The van der Waals surface area contributed by atoms with Crippen LogP contribution in [0, 0.1) is 0 Å². The van der Waals surface area contributed by atoms with Crippen LogP contribution in [-0.4, -0.2) is 17.0 Å². The number of ether oxygens (including phenoxy) is 2. The molecule has 1 aromatic rings. The molecular weight excluding hydrogens is 224 g/mol. The molecule has 0 aliphatic carbocycles. The van der Waals surface area contributed by atoms with Crippen LogP contribution in [0.4, 0.5) is 0 Å². The first kappa shape index (κ1) is 11.4. The van der Waals surface area contributed by atoms with Crippen molar-refractivity contribution in [3.05, 3.63) is 23.3 Å². The Morgan fingerprint density at radius 2 is 2.24 bits per heavy atom. The number of carbonyl (C=O) groups is 2. The molecule has 1 unspecified atom stereocenters. The summed E-state index contributed by atoms with van der Waals surface area (Å²) >= 11 is 0. The van der Waals surface area contributed by atoms with E-state index in [9.17, 15) is 14.7 Å². The lowest BCUT2D eigenvalue weighted by Gasteiger charge is -2.11. The Hall–Kier alpha value is -2.04. The molecule has 1 aromatic carbocycles. The molecule has 0 bridgehead atoms. The van der Waals surface area contributed by atoms with Crippen LogP contribution in [0.15, 0.2) is 12.1 Å². The molecule has 5 nitrogen and oxygen atoms in total. The first-order chi connectivity index (χ1) is 8.04. The van der Waals surface area contributed by atoms with Crippen molar-refractivity contribution in [3.8, 4) is 11.5 Å². The summed E-state index contributed by atoms with van der Waals surface area (Å²) in [5, 5.41) is 9.63. The quantitative estimate of drug-likeness (QED) is 0.627. The summed E-state index contributed by atoms with van der Waals surface area (Å²) in [5.41, 5.74) is 0.545. The lowest BCUT2D eigenvalue weighted by atomic mass is 10.0. The van der Waals surface area contributed by atoms with Gasteiger partial charge in [-0.3, -0.25) is 4.79 Å². The minimum absolute atomic E-state index is 0.0931. The zero-order valence-electron chi connectivity index (χ0n) is 9.52. The Bertz CT molecular complexity index is 492. The van der Waals surface area contributed by atoms with Crippen LogP contribution in [0.3, 0.4) is 0 Å². The maximum atomic E-state index is 11.6. The van der Waals surface area contributed by atoms with E-state index in [1.807, 2.05) is 6.92 Å². The van der Waals surface area contributed by atoms with Crippen molar-refractivity contribution in [2.45, 2.75) is 26.4 Å². The molecular formula is C12H12O5. The van der Waals surface area contributed by atoms with Crippen LogP contribution in [0.25, 0.3) is 0 Å². The van der Waals surface area contributed by atoms with Crippen LogP contribution < -0.4 is 4.74 Å². The molecule has 0 fully saturated rings. The fourth-order valence-corrected chi connectivity index (χ4v) is 1.90. The molecule has 0 aromatic heterocycles. The van der Waals surface area contributed by atoms with E-state index in [1.54, 1.807) is 0 Å². The number of rotatable bonds is 2. The lowest BCUT2D eigenvalue weighted by molar-refractivity contribution is -0.131. The van der Waals surface area contributed by atoms with Crippen LogP contribution in [-0.2, 0) is 9.53 Å². The van der Waals surface area contributed by atoms with Gasteiger partial charge in [0.1, 0.15) is 23.2 Å². The second-order valence-corrected chi connectivity index (χ2v) is 3.77. The van der Waals surface area contributed by atoms with Gasteiger partial charge in [0.05, 0.1) is 5.56 Å². The van der Waals surface area contributed by atoms with Crippen molar-refractivity contribution in [2.24, 2.45) is 0 Å². The molecule has 0 spiro atoms. The van der Waals surface area contributed by atoms with E-state index in [0.29, 0.717) is 12.0 Å². The minimum atomic E-state index is -0.585. The lowest BCUT2D eigenvalue weighted by Crippen LogP contribution is -2.05. The van der Waals surface area contributed by atoms with E-state index in [2.05, 4.69) is 0 Å². The van der Waals surface area contributed by atoms with Gasteiger partial charge < -0.3 is 14.6 Å². The Kier molecular flexibility index (Phi) is 2.75. The summed E-state index contributed by atoms with van der Waals surface area (Å²) in [6.45, 7) is 3.12. The fraction of sp³-hybridized carbons (Fsp3) is 0.333. The predicted molar refractivity (Wildman–Crippen MR) is 57.9 cm³/mol. The Balaban J connectivity index is 2.58. The topological polar surface area (TPSA) is 72.8 Å². The number of hydrogen-bond donors (Lipinski definition) is 1. The molecule has 0 saturated carbocycles. The summed E-state index contributed by atoms with van der Waals surface area (Å²) in [6, 6.07) is 2.77. The van der Waals surface area contributed by atoms with Crippen LogP contribution in [0.5, 0.6) is 11.5 Å². The molecule has 1 aliphatic rings. The number of benzene rings is 1. The predicted octanol–water partition coefficient (Wildman–Crippen LogP) is 1.94. The second-order valence-electron chi connectivity index (χ2n) is 3.77. The number of aromatic hydroxyl groups is 1. The summed E-state index contributed by atoms with van der Waals surface area (Å²) in [7, 11) is 0. The molecule has 1 heterocycles. The first-order valence-electron chi connectivity index (χ1n) is 5.29. The number of phenols is 1. The first-order valence-corrected chi connectivity index (χ1v) is 5.29. The normalized spacial score (nSPS) is 17.5. The fourth-order valence-electron chi connectivity index (χ4n) is 1.90. The number of hydrogen-bond acceptors (Lipinski definition) is 5. The third-order valence-electron chi connectivity index (χ3n) is 2.58. The van der Waals surface area contributed by atoms with Crippen LogP contribution >= 0.6 is 0 Å². The van der Waals surface area contributed by atoms with E-state index in [4.69, 9.17) is 9.47 Å². The molecule has 2 rings (SSSR count). The zero-order chi connectivity index (χ0) is 12.6. The van der Waals surface area contributed by atoms with E-state index in [1.165, 1.54) is 19.1 Å². The zero-order valence-corrected chi connectivity index (χ0v) is 9.52. The standard InChI is InChI=1S/C12H12O5/c1-3-8-11-9(16-6(2)13)5-4-7(14)10(11)12(15)17-8/h4-5,8,14H,3H2,1-2H3. The highest BCUT2D eigenvalue weighted by Crippen LogP contribution is 2.43. The molecule has 1 N–H and O–H groups in total. The summed E-state index contributed by atoms with van der Waals surface area (Å²) in [6.07, 6.45) is 0.0788. The van der Waals surface area contributed by atoms with Crippen molar-refractivity contribution in [1.82, 2.24) is 0 Å². The molecule has 17 heavy (non-hydrogen) atoms. The monoisotopic (exact) mass is 236 g/mol. The molecule has 1 atom stereocenters. The van der Waals surface area contributed by atoms with Crippen LogP contribution in [0.1, 0.15) is 42.3 Å². The van der Waals surface area contributed by atoms with Crippen molar-refractivity contribution >= 4 is 11.9 Å². The van der Waals surface area contributed by atoms with Gasteiger partial charge >= 0.3 is 11.9 Å². The van der Waals surface area contributed by atoms with E-state index >= 15 is 0 Å². The summed E-state index contributed by atoms with van der Waals surface area (Å²) in [4.78, 5) is 22.5. The van der Waals surface area contributed by atoms with E-state index in [0.717, 1.165) is 0 Å². The van der Waals surface area contributed by atoms with Gasteiger partial charge in [-0.15, -0.1) is 0 Å².